The van der Waals surface area contributed by atoms with E-state index < -0.39 is 11.6 Å². The van der Waals surface area contributed by atoms with E-state index in [0.29, 0.717) is 52.4 Å². The van der Waals surface area contributed by atoms with Crippen LogP contribution in [0.5, 0.6) is 0 Å². The number of nitrogens with one attached hydrogen (secondary N) is 1. The van der Waals surface area contributed by atoms with Crippen LogP contribution in [0.25, 0.3) is 33.3 Å². The first-order valence-corrected chi connectivity index (χ1v) is 12.8. The molecule has 6 rings (SSSR count). The van der Waals surface area contributed by atoms with Crippen molar-refractivity contribution in [2.45, 2.75) is 37.8 Å². The van der Waals surface area contributed by atoms with Crippen LogP contribution in [-0.4, -0.2) is 51.0 Å². The Morgan fingerprint density at radius 1 is 1.00 bits per heavy atom. The molecule has 1 N–H and O–H groups in total. The van der Waals surface area contributed by atoms with Gasteiger partial charge in [0.1, 0.15) is 23.2 Å². The number of carbonyl (C=O) groups is 1. The summed E-state index contributed by atoms with van der Waals surface area (Å²) in [5, 5.41) is 20.9. The van der Waals surface area contributed by atoms with Crippen LogP contribution in [0.2, 0.25) is 0 Å². The Hall–Kier alpha value is -4.16. The Balaban J connectivity index is 1.40. The lowest BCUT2D eigenvalue weighted by Crippen LogP contribution is -2.44. The monoisotopic (exact) mass is 512 g/mol. The molecule has 1 aromatic heterocycles. The topological polar surface area (TPSA) is 86.8 Å². The molecule has 1 aliphatic heterocycles. The van der Waals surface area contributed by atoms with Gasteiger partial charge in [0.15, 0.2) is 0 Å². The minimum Gasteiger partial charge on any atom is -0.337 e. The molecule has 0 unspecified atom stereocenters. The van der Waals surface area contributed by atoms with Crippen LogP contribution in [0.15, 0.2) is 48.5 Å². The SMILES string of the molecule is Cn1nnc2cc(-c3ccc(C(=O)N4CC[C@H](NC5CCC5)C4)cc3-c3ccc(C#N)c(F)c3)c(F)cc21. The number of aromatic nitrogens is 3. The average molecular weight is 513 g/mol. The molecule has 1 atom stereocenters. The quantitative estimate of drug-likeness (QED) is 0.415. The number of halogens is 2. The molecular weight excluding hydrogens is 486 g/mol. The van der Waals surface area contributed by atoms with Crippen LogP contribution in [0, 0.1) is 23.0 Å². The summed E-state index contributed by atoms with van der Waals surface area (Å²) in [6, 6.07) is 15.0. The van der Waals surface area contributed by atoms with Gasteiger partial charge >= 0.3 is 0 Å². The maximum Gasteiger partial charge on any atom is 0.253 e. The largest absolute Gasteiger partial charge is 0.337 e. The lowest BCUT2D eigenvalue weighted by atomic mass is 9.91. The molecule has 4 aromatic rings. The van der Waals surface area contributed by atoms with Crippen molar-refractivity contribution >= 4 is 16.9 Å². The van der Waals surface area contributed by atoms with Crippen molar-refractivity contribution in [3.8, 4) is 28.3 Å². The molecule has 1 amide bonds. The lowest BCUT2D eigenvalue weighted by molar-refractivity contribution is 0.0788. The zero-order chi connectivity index (χ0) is 26.4. The fraction of sp³-hybridized carbons (Fsp3) is 0.310. The van der Waals surface area contributed by atoms with Crippen molar-refractivity contribution in [1.29, 1.82) is 5.26 Å². The maximum absolute atomic E-state index is 15.4. The summed E-state index contributed by atoms with van der Waals surface area (Å²) in [6.07, 6.45) is 4.53. The van der Waals surface area contributed by atoms with Crippen molar-refractivity contribution in [2.24, 2.45) is 7.05 Å². The van der Waals surface area contributed by atoms with Gasteiger partial charge in [0.2, 0.25) is 0 Å². The predicted molar refractivity (Wildman–Crippen MR) is 139 cm³/mol. The molecule has 1 saturated carbocycles. The molecule has 2 fully saturated rings. The summed E-state index contributed by atoms with van der Waals surface area (Å²) in [5.74, 6) is -1.28. The predicted octanol–water partition coefficient (Wildman–Crippen LogP) is 4.81. The van der Waals surface area contributed by atoms with Gasteiger partial charge in [0.05, 0.1) is 11.1 Å². The Morgan fingerprint density at radius 3 is 2.58 bits per heavy atom. The number of carbonyl (C=O) groups excluding carboxylic acids is 1. The van der Waals surface area contributed by atoms with E-state index in [1.807, 2.05) is 11.0 Å². The average Bonchev–Trinajstić information content (AvgIpc) is 3.51. The van der Waals surface area contributed by atoms with Crippen molar-refractivity contribution in [1.82, 2.24) is 25.2 Å². The van der Waals surface area contributed by atoms with Crippen LogP contribution >= 0.6 is 0 Å². The number of hydrogen-bond acceptors (Lipinski definition) is 5. The second-order valence-corrected chi connectivity index (χ2v) is 10.1. The first-order chi connectivity index (χ1) is 18.4. The second-order valence-electron chi connectivity index (χ2n) is 10.1. The standard InChI is InChI=1S/C29H26F2N6O/c1-36-28-14-26(31)24(13-27(28)34-35-36)22-8-7-18(11-23(22)17-5-6-19(15-32)25(30)12-17)29(38)37-10-9-21(16-37)33-20-3-2-4-20/h5-8,11-14,20-21,33H,2-4,9-10,16H2,1H3/t21-/m0/s1. The van der Waals surface area contributed by atoms with Gasteiger partial charge in [-0.1, -0.05) is 23.8 Å². The van der Waals surface area contributed by atoms with E-state index >= 15 is 4.39 Å². The molecule has 2 aliphatic rings. The Bertz CT molecular complexity index is 1600. The van der Waals surface area contributed by atoms with E-state index in [2.05, 4.69) is 15.6 Å². The van der Waals surface area contributed by atoms with Crippen LogP contribution < -0.4 is 5.32 Å². The number of nitriles is 1. The number of hydrogen-bond donors (Lipinski definition) is 1. The molecule has 38 heavy (non-hydrogen) atoms. The van der Waals surface area contributed by atoms with Crippen LogP contribution in [0.4, 0.5) is 8.78 Å². The van der Waals surface area contributed by atoms with E-state index in [4.69, 9.17) is 0 Å². The zero-order valence-electron chi connectivity index (χ0n) is 20.9. The number of amides is 1. The smallest absolute Gasteiger partial charge is 0.253 e. The molecule has 3 aromatic carbocycles. The van der Waals surface area contributed by atoms with Gasteiger partial charge in [-0.15, -0.1) is 5.10 Å². The highest BCUT2D eigenvalue weighted by molar-refractivity contribution is 5.98. The first-order valence-electron chi connectivity index (χ1n) is 12.8. The summed E-state index contributed by atoms with van der Waals surface area (Å²) >= 11 is 0. The van der Waals surface area contributed by atoms with E-state index in [1.54, 1.807) is 37.4 Å². The third kappa shape index (κ3) is 4.31. The molecule has 7 nitrogen and oxygen atoms in total. The fourth-order valence-corrected chi connectivity index (χ4v) is 5.36. The second kappa shape index (κ2) is 9.62. The molecular formula is C29H26F2N6O. The zero-order valence-corrected chi connectivity index (χ0v) is 20.9. The number of nitrogens with zero attached hydrogens (tertiary/aromatic N) is 5. The van der Waals surface area contributed by atoms with E-state index in [0.717, 1.165) is 6.42 Å². The van der Waals surface area contributed by atoms with Crippen molar-refractivity contribution in [2.75, 3.05) is 13.1 Å². The van der Waals surface area contributed by atoms with Gasteiger partial charge < -0.3 is 10.2 Å². The fourth-order valence-electron chi connectivity index (χ4n) is 5.36. The first kappa shape index (κ1) is 24.2. The van der Waals surface area contributed by atoms with Crippen LogP contribution in [-0.2, 0) is 7.05 Å². The normalized spacial score (nSPS) is 17.5. The third-order valence-corrected chi connectivity index (χ3v) is 7.71. The minimum atomic E-state index is -0.679. The van der Waals surface area contributed by atoms with Crippen molar-refractivity contribution in [3.63, 3.8) is 0 Å². The van der Waals surface area contributed by atoms with Gasteiger partial charge in [0.25, 0.3) is 5.91 Å². The van der Waals surface area contributed by atoms with Gasteiger partial charge in [-0.2, -0.15) is 5.26 Å². The molecule has 0 bridgehead atoms. The van der Waals surface area contributed by atoms with Crippen LogP contribution in [0.3, 0.4) is 0 Å². The van der Waals surface area contributed by atoms with E-state index in [9.17, 15) is 14.4 Å². The summed E-state index contributed by atoms with van der Waals surface area (Å²) < 4.78 is 31.5. The molecule has 1 saturated heterocycles. The van der Waals surface area contributed by atoms with E-state index in [1.165, 1.54) is 42.1 Å². The summed E-state index contributed by atoms with van der Waals surface area (Å²) in [7, 11) is 1.68. The minimum absolute atomic E-state index is 0.0863. The summed E-state index contributed by atoms with van der Waals surface area (Å²) in [4.78, 5) is 15.3. The Labute approximate surface area is 218 Å². The highest BCUT2D eigenvalue weighted by Gasteiger charge is 2.30. The molecule has 0 radical (unpaired) electrons. The van der Waals surface area contributed by atoms with Crippen molar-refractivity contribution < 1.29 is 13.6 Å². The molecule has 192 valence electrons. The number of benzene rings is 3. The number of aryl methyl sites for hydroxylation is 1. The molecule has 2 heterocycles. The number of rotatable bonds is 5. The van der Waals surface area contributed by atoms with Crippen LogP contribution in [0.1, 0.15) is 41.6 Å². The molecule has 1 aliphatic carbocycles. The van der Waals surface area contributed by atoms with Gasteiger partial charge in [-0.05, 0) is 66.3 Å². The van der Waals surface area contributed by atoms with E-state index in [-0.39, 0.29) is 23.1 Å². The molecule has 9 heteroatoms. The lowest BCUT2D eigenvalue weighted by Gasteiger charge is -2.29. The Kier molecular flexibility index (Phi) is 6.12. The highest BCUT2D eigenvalue weighted by Crippen LogP contribution is 2.37. The summed E-state index contributed by atoms with van der Waals surface area (Å²) in [6.45, 7) is 1.29. The van der Waals surface area contributed by atoms with Crippen molar-refractivity contribution in [3.05, 3.63) is 71.3 Å². The number of likely N-dealkylation sites (tertiary alicyclic amines) is 1. The van der Waals surface area contributed by atoms with Gasteiger partial charge in [-0.25, -0.2) is 13.5 Å². The summed E-state index contributed by atoms with van der Waals surface area (Å²) in [5.41, 5.74) is 3.10. The molecule has 0 spiro atoms. The van der Waals surface area contributed by atoms with Gasteiger partial charge in [0, 0.05) is 49.4 Å². The maximum atomic E-state index is 15.4. The number of fused-ring (bicyclic) bond motifs is 1. The highest BCUT2D eigenvalue weighted by atomic mass is 19.1. The van der Waals surface area contributed by atoms with Gasteiger partial charge in [-0.3, -0.25) is 4.79 Å². The Morgan fingerprint density at radius 2 is 1.84 bits per heavy atom. The third-order valence-electron chi connectivity index (χ3n) is 7.71.